The first-order chi connectivity index (χ1) is 14.5. The molecule has 1 aromatic rings. The summed E-state index contributed by atoms with van der Waals surface area (Å²) in [4.78, 5) is 14.2. The molecule has 0 bridgehead atoms. The van der Waals surface area contributed by atoms with Crippen LogP contribution in [0.15, 0.2) is 23.1 Å². The van der Waals surface area contributed by atoms with Crippen molar-refractivity contribution >= 4 is 27.5 Å². The van der Waals surface area contributed by atoms with Crippen molar-refractivity contribution in [3.05, 3.63) is 18.2 Å². The van der Waals surface area contributed by atoms with Gasteiger partial charge in [-0.05, 0) is 57.7 Å². The average Bonchev–Trinajstić information content (AvgIpc) is 2.73. The second-order valence-electron chi connectivity index (χ2n) is 8.64. The number of alkyl halides is 3. The molecule has 31 heavy (non-hydrogen) atoms. The molecular formula is C21H30F3N3O3S. The van der Waals surface area contributed by atoms with E-state index in [0.29, 0.717) is 37.9 Å². The minimum atomic E-state index is -5.47. The average molecular weight is 462 g/mol. The van der Waals surface area contributed by atoms with E-state index in [1.54, 1.807) is 4.90 Å². The largest absolute Gasteiger partial charge is 0.501 e. The van der Waals surface area contributed by atoms with Crippen molar-refractivity contribution in [2.45, 2.75) is 62.0 Å². The van der Waals surface area contributed by atoms with Gasteiger partial charge in [-0.25, -0.2) is 8.42 Å². The van der Waals surface area contributed by atoms with Gasteiger partial charge >= 0.3 is 5.51 Å². The zero-order valence-electron chi connectivity index (χ0n) is 17.9. The van der Waals surface area contributed by atoms with Crippen LogP contribution in [-0.4, -0.2) is 63.4 Å². The quantitative estimate of drug-likeness (QED) is 0.652. The molecule has 1 heterocycles. The molecule has 0 unspecified atom stereocenters. The number of hydrogen-bond acceptors (Lipinski definition) is 6. The zero-order chi connectivity index (χ0) is 22.8. The first-order valence-corrected chi connectivity index (χ1v) is 12.2. The van der Waals surface area contributed by atoms with Gasteiger partial charge in [-0.2, -0.15) is 13.2 Å². The lowest BCUT2D eigenvalue weighted by Crippen LogP contribution is -2.49. The molecule has 0 atom stereocenters. The normalized spacial score (nSPS) is 23.7. The number of carbonyl (C=O) groups excluding carboxylic acids is 1. The first kappa shape index (κ1) is 23.8. The Kier molecular flexibility index (Phi) is 7.20. The van der Waals surface area contributed by atoms with Gasteiger partial charge in [0.2, 0.25) is 0 Å². The van der Waals surface area contributed by atoms with Gasteiger partial charge in [0.25, 0.3) is 9.84 Å². The Bertz CT molecular complexity index is 874. The van der Waals surface area contributed by atoms with Crippen LogP contribution in [0.25, 0.3) is 0 Å². The van der Waals surface area contributed by atoms with Crippen molar-refractivity contribution in [1.82, 2.24) is 4.90 Å². The second-order valence-corrected chi connectivity index (χ2v) is 10.6. The maximum atomic E-state index is 13.3. The summed E-state index contributed by atoms with van der Waals surface area (Å²) < 4.78 is 64.4. The predicted octanol–water partition coefficient (Wildman–Crippen LogP) is 3.68. The monoisotopic (exact) mass is 461 g/mol. The van der Waals surface area contributed by atoms with Crippen LogP contribution in [-0.2, 0) is 14.6 Å². The van der Waals surface area contributed by atoms with Gasteiger partial charge in [-0.1, -0.05) is 0 Å². The lowest BCUT2D eigenvalue weighted by molar-refractivity contribution is -0.111. The van der Waals surface area contributed by atoms with E-state index >= 15 is 0 Å². The van der Waals surface area contributed by atoms with Crippen LogP contribution in [0.4, 0.5) is 24.5 Å². The number of halogens is 3. The molecule has 1 saturated heterocycles. The number of benzene rings is 1. The number of rotatable bonds is 6. The molecule has 2 aliphatic rings. The summed E-state index contributed by atoms with van der Waals surface area (Å²) in [5, 5.41) is 3.32. The Morgan fingerprint density at radius 1 is 1.06 bits per heavy atom. The summed E-state index contributed by atoms with van der Waals surface area (Å²) in [5.41, 5.74) is -4.67. The van der Waals surface area contributed by atoms with Crippen molar-refractivity contribution in [2.75, 3.05) is 36.4 Å². The number of nitrogens with one attached hydrogen (secondary N) is 1. The topological polar surface area (TPSA) is 69.7 Å². The highest BCUT2D eigenvalue weighted by Crippen LogP contribution is 2.38. The molecule has 0 aromatic heterocycles. The third-order valence-electron chi connectivity index (χ3n) is 6.27. The molecule has 6 nitrogen and oxygen atoms in total. The molecule has 1 N–H and O–H groups in total. The molecule has 0 amide bonds. The van der Waals surface area contributed by atoms with E-state index in [2.05, 4.69) is 24.1 Å². The molecule has 0 spiro atoms. The minimum Gasteiger partial charge on any atom is -0.382 e. The van der Waals surface area contributed by atoms with Crippen molar-refractivity contribution in [1.29, 1.82) is 0 Å². The lowest BCUT2D eigenvalue weighted by atomic mass is 9.87. The first-order valence-electron chi connectivity index (χ1n) is 10.7. The van der Waals surface area contributed by atoms with Crippen LogP contribution in [0.2, 0.25) is 0 Å². The number of aldehydes is 1. The molecule has 1 aromatic carbocycles. The van der Waals surface area contributed by atoms with Gasteiger partial charge in [0.15, 0.2) is 0 Å². The molecule has 2 fully saturated rings. The Hall–Kier alpha value is -1.81. The summed E-state index contributed by atoms with van der Waals surface area (Å²) in [5.74, 6) is 0.0603. The van der Waals surface area contributed by atoms with Crippen LogP contribution in [0.3, 0.4) is 0 Å². The predicted molar refractivity (Wildman–Crippen MR) is 114 cm³/mol. The van der Waals surface area contributed by atoms with Crippen LogP contribution >= 0.6 is 0 Å². The molecule has 10 heteroatoms. The van der Waals surface area contributed by atoms with Gasteiger partial charge in [0, 0.05) is 49.9 Å². The Labute approximate surface area is 181 Å². The van der Waals surface area contributed by atoms with Gasteiger partial charge in [-0.3, -0.25) is 4.90 Å². The Morgan fingerprint density at radius 2 is 1.68 bits per heavy atom. The summed E-state index contributed by atoms with van der Waals surface area (Å²) in [6.07, 6.45) is 4.09. The third-order valence-corrected chi connectivity index (χ3v) is 7.81. The molecule has 3 rings (SSSR count). The van der Waals surface area contributed by atoms with Crippen LogP contribution in [0.5, 0.6) is 0 Å². The fraction of sp³-hybridized carbons (Fsp3) is 0.667. The molecule has 174 valence electrons. The van der Waals surface area contributed by atoms with E-state index in [0.717, 1.165) is 38.0 Å². The number of piperazine rings is 1. The van der Waals surface area contributed by atoms with Crippen LogP contribution < -0.4 is 10.2 Å². The van der Waals surface area contributed by atoms with Crippen molar-refractivity contribution in [3.8, 4) is 0 Å². The van der Waals surface area contributed by atoms with Crippen molar-refractivity contribution in [2.24, 2.45) is 5.92 Å². The van der Waals surface area contributed by atoms with Gasteiger partial charge in [0.1, 0.15) is 6.29 Å². The summed E-state index contributed by atoms with van der Waals surface area (Å²) in [6.45, 7) is 6.31. The van der Waals surface area contributed by atoms with Gasteiger partial charge in [-0.15, -0.1) is 0 Å². The number of sulfone groups is 1. The van der Waals surface area contributed by atoms with Gasteiger partial charge < -0.3 is 15.0 Å². The van der Waals surface area contributed by atoms with Gasteiger partial charge in [0.05, 0.1) is 10.6 Å². The Morgan fingerprint density at radius 3 is 2.19 bits per heavy atom. The van der Waals surface area contributed by atoms with Crippen molar-refractivity contribution in [3.63, 3.8) is 0 Å². The number of nitrogens with zero attached hydrogens (tertiary/aromatic N) is 2. The van der Waals surface area contributed by atoms with Crippen molar-refractivity contribution < 1.29 is 26.4 Å². The molecular weight excluding hydrogens is 431 g/mol. The summed E-state index contributed by atoms with van der Waals surface area (Å²) in [7, 11) is -5.47. The van der Waals surface area contributed by atoms with E-state index in [1.165, 1.54) is 12.1 Å². The van der Waals surface area contributed by atoms with E-state index in [1.807, 2.05) is 0 Å². The molecule has 0 radical (unpaired) electrons. The highest BCUT2D eigenvalue weighted by Gasteiger charge is 2.48. The van der Waals surface area contributed by atoms with E-state index < -0.39 is 20.2 Å². The maximum Gasteiger partial charge on any atom is 0.501 e. The molecule has 1 aliphatic heterocycles. The maximum absolute atomic E-state index is 13.3. The SMILES string of the molecule is CC(C)N1CCN(c2cc(NC3CCC(C=O)CC3)ccc2S(=O)(=O)C(F)(F)F)CC1. The van der Waals surface area contributed by atoms with E-state index in [4.69, 9.17) is 0 Å². The number of anilines is 2. The summed E-state index contributed by atoms with van der Waals surface area (Å²) in [6, 6.07) is 4.40. The zero-order valence-corrected chi connectivity index (χ0v) is 18.7. The lowest BCUT2D eigenvalue weighted by Gasteiger charge is -2.39. The minimum absolute atomic E-state index is 0.0603. The fourth-order valence-electron chi connectivity index (χ4n) is 4.32. The standard InChI is InChI=1S/C21H30F3N3O3S/c1-15(2)26-9-11-27(12-10-26)19-13-18(25-17-5-3-16(14-28)4-6-17)7-8-20(19)31(29,30)21(22,23)24/h7-8,13-17,25H,3-6,9-12H2,1-2H3. The number of hydrogen-bond donors (Lipinski definition) is 1. The number of carbonyl (C=O) groups is 1. The van der Waals surface area contributed by atoms with E-state index in [9.17, 15) is 26.4 Å². The molecule has 1 saturated carbocycles. The second kappa shape index (κ2) is 9.36. The smallest absolute Gasteiger partial charge is 0.382 e. The van der Waals surface area contributed by atoms with Crippen LogP contribution in [0.1, 0.15) is 39.5 Å². The van der Waals surface area contributed by atoms with E-state index in [-0.39, 0.29) is 17.6 Å². The highest BCUT2D eigenvalue weighted by atomic mass is 32.2. The Balaban J connectivity index is 1.87. The van der Waals surface area contributed by atoms with Crippen LogP contribution in [0, 0.1) is 5.92 Å². The summed E-state index contributed by atoms with van der Waals surface area (Å²) >= 11 is 0. The third kappa shape index (κ3) is 5.34. The fourth-order valence-corrected chi connectivity index (χ4v) is 5.28. The molecule has 1 aliphatic carbocycles. The highest BCUT2D eigenvalue weighted by molar-refractivity contribution is 7.92.